The molecular weight excluding hydrogens is 328 g/mol. The predicted octanol–water partition coefficient (Wildman–Crippen LogP) is 4.42. The van der Waals surface area contributed by atoms with E-state index in [0.717, 1.165) is 26.6 Å². The van der Waals surface area contributed by atoms with Crippen LogP contribution < -0.4 is 0 Å². The van der Waals surface area contributed by atoms with Gasteiger partial charge in [-0.3, -0.25) is 0 Å². The van der Waals surface area contributed by atoms with E-state index in [0.29, 0.717) is 5.02 Å². The molecule has 0 bridgehead atoms. The fourth-order valence-corrected chi connectivity index (χ4v) is 2.40. The molecule has 3 nitrogen and oxygen atoms in total. The molecule has 94 valence electrons. The van der Waals surface area contributed by atoms with Gasteiger partial charge >= 0.3 is 0 Å². The standard InChI is InChI=1S/C14H8BrClN2O/c15-11-5-10-13(6-12(11)16)17-7-18-14(10)8-1-3-9(19)4-2-8/h1-7,19H. The maximum atomic E-state index is 9.34. The number of nitrogens with zero attached hydrogens (tertiary/aromatic N) is 2. The molecule has 1 N–H and O–H groups in total. The third-order valence-electron chi connectivity index (χ3n) is 2.82. The summed E-state index contributed by atoms with van der Waals surface area (Å²) in [5.74, 6) is 0.228. The van der Waals surface area contributed by atoms with Crippen LogP contribution in [0.15, 0.2) is 47.2 Å². The van der Waals surface area contributed by atoms with Crippen molar-refractivity contribution in [2.75, 3.05) is 0 Å². The number of benzene rings is 2. The van der Waals surface area contributed by atoms with Gasteiger partial charge in [0.1, 0.15) is 12.1 Å². The van der Waals surface area contributed by atoms with E-state index in [1.807, 2.05) is 18.2 Å². The number of phenolic OH excluding ortho intramolecular Hbond substituents is 1. The summed E-state index contributed by atoms with van der Waals surface area (Å²) in [7, 11) is 0. The van der Waals surface area contributed by atoms with Gasteiger partial charge in [-0.05, 0) is 52.3 Å². The Hall–Kier alpha value is -1.65. The zero-order chi connectivity index (χ0) is 13.4. The van der Waals surface area contributed by atoms with Gasteiger partial charge in [-0.1, -0.05) is 11.6 Å². The Bertz CT molecular complexity index is 759. The molecule has 0 amide bonds. The first-order chi connectivity index (χ1) is 9.15. The minimum Gasteiger partial charge on any atom is -0.508 e. The van der Waals surface area contributed by atoms with Crippen LogP contribution in [-0.4, -0.2) is 15.1 Å². The van der Waals surface area contributed by atoms with E-state index in [4.69, 9.17) is 11.6 Å². The Kier molecular flexibility index (Phi) is 3.12. The van der Waals surface area contributed by atoms with E-state index in [1.165, 1.54) is 6.33 Å². The van der Waals surface area contributed by atoms with E-state index < -0.39 is 0 Å². The van der Waals surface area contributed by atoms with Gasteiger partial charge in [-0.2, -0.15) is 0 Å². The van der Waals surface area contributed by atoms with Gasteiger partial charge in [0.25, 0.3) is 0 Å². The Labute approximate surface area is 123 Å². The second kappa shape index (κ2) is 4.79. The fraction of sp³-hybridized carbons (Fsp3) is 0. The molecule has 3 aromatic rings. The largest absolute Gasteiger partial charge is 0.508 e. The van der Waals surface area contributed by atoms with Gasteiger partial charge in [0.15, 0.2) is 0 Å². The van der Waals surface area contributed by atoms with Crippen molar-refractivity contribution < 1.29 is 5.11 Å². The van der Waals surface area contributed by atoms with Crippen LogP contribution in [0.3, 0.4) is 0 Å². The maximum Gasteiger partial charge on any atom is 0.116 e. The highest BCUT2D eigenvalue weighted by atomic mass is 79.9. The summed E-state index contributed by atoms with van der Waals surface area (Å²) < 4.78 is 0.802. The number of aromatic nitrogens is 2. The molecule has 19 heavy (non-hydrogen) atoms. The van der Waals surface area contributed by atoms with Gasteiger partial charge in [0.2, 0.25) is 0 Å². The lowest BCUT2D eigenvalue weighted by Crippen LogP contribution is -1.89. The van der Waals surface area contributed by atoms with Crippen LogP contribution in [0.1, 0.15) is 0 Å². The van der Waals surface area contributed by atoms with Gasteiger partial charge in [0, 0.05) is 15.4 Å². The Balaban J connectivity index is 2.29. The zero-order valence-corrected chi connectivity index (χ0v) is 12.0. The minimum atomic E-state index is 0.228. The zero-order valence-electron chi connectivity index (χ0n) is 9.64. The van der Waals surface area contributed by atoms with Crippen LogP contribution >= 0.6 is 27.5 Å². The Morgan fingerprint density at radius 3 is 2.53 bits per heavy atom. The van der Waals surface area contributed by atoms with Crippen molar-refractivity contribution in [2.45, 2.75) is 0 Å². The minimum absolute atomic E-state index is 0.228. The lowest BCUT2D eigenvalue weighted by molar-refractivity contribution is 0.475. The third kappa shape index (κ3) is 2.29. The molecule has 1 heterocycles. The third-order valence-corrected chi connectivity index (χ3v) is 4.02. The van der Waals surface area contributed by atoms with Crippen molar-refractivity contribution in [3.8, 4) is 17.0 Å². The normalized spacial score (nSPS) is 10.8. The lowest BCUT2D eigenvalue weighted by Gasteiger charge is -2.06. The Morgan fingerprint density at radius 1 is 1.05 bits per heavy atom. The van der Waals surface area contributed by atoms with Crippen LogP contribution in [-0.2, 0) is 0 Å². The molecule has 0 atom stereocenters. The summed E-state index contributed by atoms with van der Waals surface area (Å²) in [6.45, 7) is 0. The van der Waals surface area contributed by atoms with Crippen molar-refractivity contribution in [3.05, 3.63) is 52.2 Å². The number of phenols is 1. The highest BCUT2D eigenvalue weighted by molar-refractivity contribution is 9.10. The number of halogens is 2. The van der Waals surface area contributed by atoms with E-state index in [1.54, 1.807) is 18.2 Å². The first-order valence-electron chi connectivity index (χ1n) is 5.54. The fourth-order valence-electron chi connectivity index (χ4n) is 1.90. The molecule has 0 aliphatic carbocycles. The molecule has 0 unspecified atom stereocenters. The summed E-state index contributed by atoms with van der Waals surface area (Å²) in [4.78, 5) is 8.54. The smallest absolute Gasteiger partial charge is 0.116 e. The molecule has 0 saturated carbocycles. The van der Waals surface area contributed by atoms with Gasteiger partial charge in [0.05, 0.1) is 16.2 Å². The number of rotatable bonds is 1. The van der Waals surface area contributed by atoms with E-state index >= 15 is 0 Å². The van der Waals surface area contributed by atoms with Gasteiger partial charge < -0.3 is 5.11 Å². The number of fused-ring (bicyclic) bond motifs is 1. The highest BCUT2D eigenvalue weighted by Gasteiger charge is 2.09. The van der Waals surface area contributed by atoms with E-state index in [-0.39, 0.29) is 5.75 Å². The van der Waals surface area contributed by atoms with E-state index in [2.05, 4.69) is 25.9 Å². The molecule has 0 fully saturated rings. The molecule has 0 aliphatic rings. The van der Waals surface area contributed by atoms with Crippen molar-refractivity contribution in [1.82, 2.24) is 9.97 Å². The second-order valence-electron chi connectivity index (χ2n) is 4.05. The van der Waals surface area contributed by atoms with Crippen molar-refractivity contribution in [1.29, 1.82) is 0 Å². The first-order valence-corrected chi connectivity index (χ1v) is 6.71. The monoisotopic (exact) mass is 334 g/mol. The molecule has 5 heteroatoms. The summed E-state index contributed by atoms with van der Waals surface area (Å²) in [5, 5.41) is 10.9. The topological polar surface area (TPSA) is 46.0 Å². The first kappa shape index (κ1) is 12.4. The van der Waals surface area contributed by atoms with Crippen LogP contribution in [0.4, 0.5) is 0 Å². The quantitative estimate of drug-likeness (QED) is 0.716. The Morgan fingerprint density at radius 2 is 1.79 bits per heavy atom. The number of aromatic hydroxyl groups is 1. The molecule has 0 radical (unpaired) electrons. The summed E-state index contributed by atoms with van der Waals surface area (Å²) in [6, 6.07) is 10.6. The highest BCUT2D eigenvalue weighted by Crippen LogP contribution is 2.32. The average Bonchev–Trinajstić information content (AvgIpc) is 2.41. The maximum absolute atomic E-state index is 9.34. The van der Waals surface area contributed by atoms with Crippen LogP contribution in [0, 0.1) is 0 Å². The van der Waals surface area contributed by atoms with Crippen LogP contribution in [0.25, 0.3) is 22.2 Å². The van der Waals surface area contributed by atoms with Crippen molar-refractivity contribution >= 4 is 38.4 Å². The predicted molar refractivity (Wildman–Crippen MR) is 79.3 cm³/mol. The SMILES string of the molecule is Oc1ccc(-c2ncnc3cc(Cl)c(Br)cc23)cc1. The molecule has 0 spiro atoms. The number of hydrogen-bond acceptors (Lipinski definition) is 3. The van der Waals surface area contributed by atoms with Gasteiger partial charge in [-0.15, -0.1) is 0 Å². The van der Waals surface area contributed by atoms with E-state index in [9.17, 15) is 5.11 Å². The molecule has 3 rings (SSSR count). The van der Waals surface area contributed by atoms with Crippen molar-refractivity contribution in [3.63, 3.8) is 0 Å². The number of hydrogen-bond donors (Lipinski definition) is 1. The second-order valence-corrected chi connectivity index (χ2v) is 5.31. The molecule has 0 saturated heterocycles. The van der Waals surface area contributed by atoms with Crippen molar-refractivity contribution in [2.24, 2.45) is 0 Å². The molecule has 1 aromatic heterocycles. The van der Waals surface area contributed by atoms with Crippen LogP contribution in [0.5, 0.6) is 5.75 Å². The molecule has 2 aromatic carbocycles. The van der Waals surface area contributed by atoms with Gasteiger partial charge in [-0.25, -0.2) is 9.97 Å². The molecule has 0 aliphatic heterocycles. The summed E-state index contributed by atoms with van der Waals surface area (Å²) in [5.41, 5.74) is 2.51. The summed E-state index contributed by atoms with van der Waals surface area (Å²) in [6.07, 6.45) is 1.51. The summed E-state index contributed by atoms with van der Waals surface area (Å²) >= 11 is 9.47. The lowest BCUT2D eigenvalue weighted by atomic mass is 10.1. The van der Waals surface area contributed by atoms with Crippen LogP contribution in [0.2, 0.25) is 5.02 Å². The average molecular weight is 336 g/mol. The molecular formula is C14H8BrClN2O.